The van der Waals surface area contributed by atoms with Gasteiger partial charge >= 0.3 is 5.97 Å². The number of carbonyl (C=O) groups excluding carboxylic acids is 2. The summed E-state index contributed by atoms with van der Waals surface area (Å²) in [5.74, 6) is -1.16. The molecule has 0 spiro atoms. The van der Waals surface area contributed by atoms with E-state index in [9.17, 15) is 19.7 Å². The number of para-hydroxylation sites is 1. The van der Waals surface area contributed by atoms with Gasteiger partial charge in [0.25, 0.3) is 11.6 Å². The zero-order chi connectivity index (χ0) is 20.3. The van der Waals surface area contributed by atoms with Crippen LogP contribution < -0.4 is 5.32 Å². The van der Waals surface area contributed by atoms with E-state index in [4.69, 9.17) is 4.74 Å². The third-order valence-electron chi connectivity index (χ3n) is 4.00. The van der Waals surface area contributed by atoms with Crippen molar-refractivity contribution in [3.63, 3.8) is 0 Å². The molecule has 0 atom stereocenters. The van der Waals surface area contributed by atoms with E-state index in [0.717, 1.165) is 6.07 Å². The number of nitrogens with one attached hydrogen (secondary N) is 1. The number of anilines is 1. The first-order valence-electron chi connectivity index (χ1n) is 8.21. The quantitative estimate of drug-likeness (QED) is 0.413. The Morgan fingerprint density at radius 2 is 1.86 bits per heavy atom. The average molecular weight is 380 g/mol. The number of nitrogens with zero attached hydrogens (tertiary/aromatic N) is 3. The van der Waals surface area contributed by atoms with Crippen LogP contribution in [0.25, 0.3) is 5.69 Å². The number of non-ortho nitro benzene ring substituents is 1. The van der Waals surface area contributed by atoms with Gasteiger partial charge in [0.1, 0.15) is 5.56 Å². The molecule has 0 radical (unpaired) electrons. The second-order valence-electron chi connectivity index (χ2n) is 5.81. The molecule has 0 aliphatic heterocycles. The number of nitro groups is 1. The van der Waals surface area contributed by atoms with Crippen LogP contribution in [-0.4, -0.2) is 33.7 Å². The standard InChI is InChI=1S/C19H16N4O5/c1-12-16(19(25)28-2)17(22(21-12)14-8-4-3-5-9-14)20-18(24)13-7-6-10-15(11-13)23(26)27/h3-11H,1-2H3,(H,20,24). The molecule has 142 valence electrons. The van der Waals surface area contributed by atoms with Gasteiger partial charge in [-0.25, -0.2) is 9.48 Å². The first-order chi connectivity index (χ1) is 13.4. The Labute approximate surface area is 159 Å². The topological polar surface area (TPSA) is 116 Å². The van der Waals surface area contributed by atoms with Gasteiger partial charge in [-0.15, -0.1) is 0 Å². The van der Waals surface area contributed by atoms with Crippen LogP contribution in [0.5, 0.6) is 0 Å². The number of nitro benzene ring substituents is 1. The van der Waals surface area contributed by atoms with Crippen LogP contribution in [-0.2, 0) is 4.74 Å². The van der Waals surface area contributed by atoms with Crippen LogP contribution in [0.1, 0.15) is 26.4 Å². The SMILES string of the molecule is COC(=O)c1c(C)nn(-c2ccccc2)c1NC(=O)c1cccc([N+](=O)[O-])c1. The fourth-order valence-electron chi connectivity index (χ4n) is 2.69. The van der Waals surface area contributed by atoms with Gasteiger partial charge in [-0.05, 0) is 25.1 Å². The lowest BCUT2D eigenvalue weighted by molar-refractivity contribution is -0.384. The number of amides is 1. The molecule has 1 aromatic heterocycles. The molecule has 9 heteroatoms. The number of hydrogen-bond acceptors (Lipinski definition) is 6. The molecule has 0 unspecified atom stereocenters. The summed E-state index contributed by atoms with van der Waals surface area (Å²) in [6.07, 6.45) is 0. The average Bonchev–Trinajstić information content (AvgIpc) is 3.04. The van der Waals surface area contributed by atoms with Gasteiger partial charge in [-0.1, -0.05) is 24.3 Å². The van der Waals surface area contributed by atoms with Crippen molar-refractivity contribution in [2.24, 2.45) is 0 Å². The van der Waals surface area contributed by atoms with E-state index in [1.807, 2.05) is 6.07 Å². The lowest BCUT2D eigenvalue weighted by Gasteiger charge is -2.11. The Morgan fingerprint density at radius 1 is 1.14 bits per heavy atom. The maximum absolute atomic E-state index is 12.7. The van der Waals surface area contributed by atoms with Crippen LogP contribution in [0.3, 0.4) is 0 Å². The Bertz CT molecular complexity index is 1060. The van der Waals surface area contributed by atoms with Gasteiger partial charge in [0.05, 0.1) is 23.4 Å². The third-order valence-corrected chi connectivity index (χ3v) is 4.00. The molecule has 9 nitrogen and oxygen atoms in total. The predicted molar refractivity (Wildman–Crippen MR) is 101 cm³/mol. The van der Waals surface area contributed by atoms with Crippen molar-refractivity contribution in [3.8, 4) is 5.69 Å². The fourth-order valence-corrected chi connectivity index (χ4v) is 2.69. The zero-order valence-corrected chi connectivity index (χ0v) is 15.1. The van der Waals surface area contributed by atoms with Crippen molar-refractivity contribution in [2.45, 2.75) is 6.92 Å². The minimum absolute atomic E-state index is 0.0727. The van der Waals surface area contributed by atoms with E-state index in [0.29, 0.717) is 11.4 Å². The van der Waals surface area contributed by atoms with Crippen LogP contribution in [0.4, 0.5) is 11.5 Å². The maximum atomic E-state index is 12.7. The lowest BCUT2D eigenvalue weighted by atomic mass is 10.2. The summed E-state index contributed by atoms with van der Waals surface area (Å²) in [7, 11) is 1.23. The number of methoxy groups -OCH3 is 1. The van der Waals surface area contributed by atoms with Gasteiger partial charge < -0.3 is 10.1 Å². The smallest absolute Gasteiger partial charge is 0.343 e. The molecule has 2 aromatic carbocycles. The van der Waals surface area contributed by atoms with Gasteiger partial charge in [0.15, 0.2) is 5.82 Å². The number of carbonyl (C=O) groups is 2. The fraction of sp³-hybridized carbons (Fsp3) is 0.105. The van der Waals surface area contributed by atoms with Crippen LogP contribution in [0.15, 0.2) is 54.6 Å². The molecule has 0 saturated heterocycles. The molecule has 0 fully saturated rings. The third kappa shape index (κ3) is 3.58. The highest BCUT2D eigenvalue weighted by Crippen LogP contribution is 2.25. The monoisotopic (exact) mass is 380 g/mol. The highest BCUT2D eigenvalue weighted by Gasteiger charge is 2.25. The number of aryl methyl sites for hydroxylation is 1. The van der Waals surface area contributed by atoms with Crippen LogP contribution >= 0.6 is 0 Å². The largest absolute Gasteiger partial charge is 0.465 e. The Kier molecular flexibility index (Phi) is 5.16. The van der Waals surface area contributed by atoms with E-state index in [-0.39, 0.29) is 22.6 Å². The molecule has 0 aliphatic rings. The van der Waals surface area contributed by atoms with Gasteiger partial charge in [-0.3, -0.25) is 14.9 Å². The van der Waals surface area contributed by atoms with E-state index in [1.165, 1.54) is 30.0 Å². The molecule has 0 aliphatic carbocycles. The van der Waals surface area contributed by atoms with E-state index >= 15 is 0 Å². The highest BCUT2D eigenvalue weighted by atomic mass is 16.6. The second-order valence-corrected chi connectivity index (χ2v) is 5.81. The first kappa shape index (κ1) is 18.8. The number of benzene rings is 2. The minimum Gasteiger partial charge on any atom is -0.465 e. The van der Waals surface area contributed by atoms with Crippen LogP contribution in [0, 0.1) is 17.0 Å². The van der Waals surface area contributed by atoms with E-state index < -0.39 is 16.8 Å². The van der Waals surface area contributed by atoms with Crippen molar-refractivity contribution < 1.29 is 19.2 Å². The number of hydrogen-bond donors (Lipinski definition) is 1. The summed E-state index contributed by atoms with van der Waals surface area (Å²) >= 11 is 0. The van der Waals surface area contributed by atoms with Crippen molar-refractivity contribution in [2.75, 3.05) is 12.4 Å². The second kappa shape index (κ2) is 7.70. The van der Waals surface area contributed by atoms with Crippen LogP contribution in [0.2, 0.25) is 0 Å². The molecule has 3 rings (SSSR count). The van der Waals surface area contributed by atoms with Crippen molar-refractivity contribution in [3.05, 3.63) is 81.5 Å². The van der Waals surface area contributed by atoms with Crippen molar-refractivity contribution in [1.82, 2.24) is 9.78 Å². The Morgan fingerprint density at radius 3 is 2.50 bits per heavy atom. The summed E-state index contributed by atoms with van der Waals surface area (Å²) in [5, 5.41) is 17.9. The summed E-state index contributed by atoms with van der Waals surface area (Å²) in [6.45, 7) is 1.62. The Hall–Kier alpha value is -4.01. The minimum atomic E-state index is -0.658. The van der Waals surface area contributed by atoms with Crippen molar-refractivity contribution in [1.29, 1.82) is 0 Å². The summed E-state index contributed by atoms with van der Waals surface area (Å²) in [4.78, 5) is 35.3. The van der Waals surface area contributed by atoms with E-state index in [2.05, 4.69) is 10.4 Å². The van der Waals surface area contributed by atoms with Gasteiger partial charge in [-0.2, -0.15) is 5.10 Å². The lowest BCUT2D eigenvalue weighted by Crippen LogP contribution is -2.18. The summed E-state index contributed by atoms with van der Waals surface area (Å²) in [6, 6.07) is 14.2. The summed E-state index contributed by atoms with van der Waals surface area (Å²) < 4.78 is 6.23. The molecule has 0 bridgehead atoms. The van der Waals surface area contributed by atoms with Gasteiger partial charge in [0, 0.05) is 17.7 Å². The molecule has 1 heterocycles. The maximum Gasteiger partial charge on any atom is 0.343 e. The molecular formula is C19H16N4O5. The van der Waals surface area contributed by atoms with Gasteiger partial charge in [0.2, 0.25) is 0 Å². The zero-order valence-electron chi connectivity index (χ0n) is 15.1. The first-order valence-corrected chi connectivity index (χ1v) is 8.21. The highest BCUT2D eigenvalue weighted by molar-refractivity contribution is 6.08. The molecular weight excluding hydrogens is 364 g/mol. The normalized spacial score (nSPS) is 10.4. The molecule has 28 heavy (non-hydrogen) atoms. The van der Waals surface area contributed by atoms with E-state index in [1.54, 1.807) is 31.2 Å². The Balaban J connectivity index is 2.07. The summed E-state index contributed by atoms with van der Waals surface area (Å²) in [5.41, 5.74) is 0.947. The number of aromatic nitrogens is 2. The number of ether oxygens (including phenoxy) is 1. The molecule has 3 aromatic rings. The molecule has 1 N–H and O–H groups in total. The van der Waals surface area contributed by atoms with Crippen molar-refractivity contribution >= 4 is 23.4 Å². The number of esters is 1. The molecule has 0 saturated carbocycles. The number of rotatable bonds is 5. The molecule has 1 amide bonds. The predicted octanol–water partition coefficient (Wildman–Crippen LogP) is 3.13.